The van der Waals surface area contributed by atoms with E-state index in [1.54, 1.807) is 7.11 Å². The molecule has 4 rings (SSSR count). The average molecular weight is 337 g/mol. The lowest BCUT2D eigenvalue weighted by molar-refractivity contribution is 0.0936. The Bertz CT molecular complexity index is 784. The van der Waals surface area contributed by atoms with Crippen molar-refractivity contribution in [2.24, 2.45) is 0 Å². The molecule has 25 heavy (non-hydrogen) atoms. The second-order valence-electron chi connectivity index (χ2n) is 6.68. The summed E-state index contributed by atoms with van der Waals surface area (Å²) in [5.74, 6) is 1.08. The van der Waals surface area contributed by atoms with Gasteiger partial charge in [-0.2, -0.15) is 0 Å². The third kappa shape index (κ3) is 3.13. The topological polar surface area (TPSA) is 62.4 Å². The van der Waals surface area contributed by atoms with Gasteiger partial charge in [0, 0.05) is 24.6 Å². The molecule has 130 valence electrons. The third-order valence-electron chi connectivity index (χ3n) is 5.20. The molecule has 1 fully saturated rings. The molecule has 2 aromatic carbocycles. The number of carbonyl (C=O) groups is 1. The maximum absolute atomic E-state index is 12.7. The zero-order chi connectivity index (χ0) is 17.2. The maximum atomic E-state index is 12.7. The van der Waals surface area contributed by atoms with Gasteiger partial charge in [-0.15, -0.1) is 0 Å². The Labute approximate surface area is 147 Å². The summed E-state index contributed by atoms with van der Waals surface area (Å²) in [4.78, 5) is 12.7. The lowest BCUT2D eigenvalue weighted by Crippen LogP contribution is -2.27. The molecule has 1 aliphatic carbocycles. The smallest absolute Gasteiger partial charge is 0.251 e. The summed E-state index contributed by atoms with van der Waals surface area (Å²) < 4.78 is 5.54. The molecular formula is C20H23N3O2. The van der Waals surface area contributed by atoms with Crippen LogP contribution in [-0.4, -0.2) is 26.1 Å². The van der Waals surface area contributed by atoms with E-state index in [1.807, 2.05) is 24.3 Å². The lowest BCUT2D eigenvalue weighted by Gasteiger charge is -2.17. The molecule has 1 saturated heterocycles. The van der Waals surface area contributed by atoms with Crippen molar-refractivity contribution >= 4 is 5.91 Å². The van der Waals surface area contributed by atoms with Crippen molar-refractivity contribution in [1.82, 2.24) is 16.2 Å². The summed E-state index contributed by atoms with van der Waals surface area (Å²) in [5, 5.41) is 3.17. The number of benzene rings is 2. The second-order valence-corrected chi connectivity index (χ2v) is 6.68. The zero-order valence-corrected chi connectivity index (χ0v) is 14.3. The van der Waals surface area contributed by atoms with Crippen molar-refractivity contribution < 1.29 is 9.53 Å². The maximum Gasteiger partial charge on any atom is 0.251 e. The number of carbonyl (C=O) groups excluding carboxylic acids is 1. The number of rotatable bonds is 4. The second kappa shape index (κ2) is 6.86. The molecule has 5 nitrogen and oxygen atoms in total. The zero-order valence-electron chi connectivity index (χ0n) is 14.3. The summed E-state index contributed by atoms with van der Waals surface area (Å²) >= 11 is 0. The average Bonchev–Trinajstić information content (AvgIpc) is 3.31. The van der Waals surface area contributed by atoms with Crippen LogP contribution in [0.5, 0.6) is 5.75 Å². The highest BCUT2D eigenvalue weighted by molar-refractivity contribution is 5.95. The first-order valence-electron chi connectivity index (χ1n) is 8.78. The quantitative estimate of drug-likeness (QED) is 0.801. The first-order valence-corrected chi connectivity index (χ1v) is 8.78. The van der Waals surface area contributed by atoms with Crippen LogP contribution in [0.15, 0.2) is 42.5 Å². The van der Waals surface area contributed by atoms with Gasteiger partial charge in [-0.25, -0.2) is 0 Å². The van der Waals surface area contributed by atoms with E-state index in [9.17, 15) is 4.79 Å². The van der Waals surface area contributed by atoms with Gasteiger partial charge >= 0.3 is 0 Å². The monoisotopic (exact) mass is 337 g/mol. The summed E-state index contributed by atoms with van der Waals surface area (Å²) in [5.41, 5.74) is 10.6. The predicted molar refractivity (Wildman–Crippen MR) is 96.7 cm³/mol. The fraction of sp³-hybridized carbons (Fsp3) is 0.350. The van der Waals surface area contributed by atoms with Crippen LogP contribution in [0.1, 0.15) is 45.4 Å². The Morgan fingerprint density at radius 2 is 1.92 bits per heavy atom. The Balaban J connectivity index is 1.52. The molecule has 1 amide bonds. The molecule has 1 aliphatic heterocycles. The standard InChI is InChI=1S/C20H23N3O2/c1-25-19-10-14(6-8-17(19)15-11-21-22-12-15)20(24)23-18-9-7-13-4-2-3-5-16(13)18/h2-6,8,10,15,18,21-22H,7,9,11-12H2,1H3,(H,23,24). The van der Waals surface area contributed by atoms with Crippen LogP contribution in [-0.2, 0) is 6.42 Å². The van der Waals surface area contributed by atoms with Crippen LogP contribution < -0.4 is 20.9 Å². The number of methoxy groups -OCH3 is 1. The Morgan fingerprint density at radius 1 is 1.12 bits per heavy atom. The van der Waals surface area contributed by atoms with Crippen molar-refractivity contribution in [3.63, 3.8) is 0 Å². The normalized spacial score (nSPS) is 19.6. The number of hydrazine groups is 1. The number of aryl methyl sites for hydroxylation is 1. The van der Waals surface area contributed by atoms with Crippen LogP contribution in [0.25, 0.3) is 0 Å². The van der Waals surface area contributed by atoms with Gasteiger partial charge in [0.05, 0.1) is 13.2 Å². The molecule has 2 aromatic rings. The van der Waals surface area contributed by atoms with Crippen molar-refractivity contribution in [3.05, 3.63) is 64.7 Å². The van der Waals surface area contributed by atoms with E-state index in [-0.39, 0.29) is 11.9 Å². The minimum atomic E-state index is -0.0470. The molecule has 1 atom stereocenters. The van der Waals surface area contributed by atoms with Crippen molar-refractivity contribution in [2.45, 2.75) is 24.8 Å². The Hall–Kier alpha value is -2.37. The van der Waals surface area contributed by atoms with Crippen molar-refractivity contribution in [3.8, 4) is 5.75 Å². The first-order chi connectivity index (χ1) is 12.3. The highest BCUT2D eigenvalue weighted by Gasteiger charge is 2.25. The summed E-state index contributed by atoms with van der Waals surface area (Å²) in [6, 6.07) is 14.2. The lowest BCUT2D eigenvalue weighted by atomic mass is 9.97. The van der Waals surface area contributed by atoms with Crippen molar-refractivity contribution in [1.29, 1.82) is 0 Å². The van der Waals surface area contributed by atoms with Crippen LogP contribution in [0.2, 0.25) is 0 Å². The van der Waals surface area contributed by atoms with E-state index in [1.165, 1.54) is 11.1 Å². The van der Waals surface area contributed by atoms with E-state index in [0.717, 1.165) is 37.2 Å². The van der Waals surface area contributed by atoms with Crippen LogP contribution in [0.4, 0.5) is 0 Å². The van der Waals surface area contributed by atoms with Gasteiger partial charge in [0.25, 0.3) is 5.91 Å². The van der Waals surface area contributed by atoms with E-state index in [2.05, 4.69) is 34.4 Å². The van der Waals surface area contributed by atoms with Crippen LogP contribution in [0, 0.1) is 0 Å². The van der Waals surface area contributed by atoms with Gasteiger partial charge in [-0.3, -0.25) is 15.6 Å². The first kappa shape index (κ1) is 16.1. The third-order valence-corrected chi connectivity index (χ3v) is 5.20. The van der Waals surface area contributed by atoms with E-state index < -0.39 is 0 Å². The molecule has 0 saturated carbocycles. The van der Waals surface area contributed by atoms with Gasteiger partial charge in [0.15, 0.2) is 0 Å². The summed E-state index contributed by atoms with van der Waals surface area (Å²) in [7, 11) is 1.66. The van der Waals surface area contributed by atoms with Gasteiger partial charge in [-0.05, 0) is 41.7 Å². The molecule has 0 spiro atoms. The SMILES string of the molecule is COc1cc(C(=O)NC2CCc3ccccc32)ccc1C1CNNC1. The highest BCUT2D eigenvalue weighted by atomic mass is 16.5. The molecule has 2 aliphatic rings. The number of ether oxygens (including phenoxy) is 1. The van der Waals surface area contributed by atoms with Gasteiger partial charge < -0.3 is 10.1 Å². The largest absolute Gasteiger partial charge is 0.496 e. The summed E-state index contributed by atoms with van der Waals surface area (Å²) in [6.07, 6.45) is 1.98. The molecule has 5 heteroatoms. The molecule has 1 unspecified atom stereocenters. The minimum absolute atomic E-state index is 0.0470. The molecule has 1 heterocycles. The highest BCUT2D eigenvalue weighted by Crippen LogP contribution is 2.32. The van der Waals surface area contributed by atoms with Gasteiger partial charge in [0.2, 0.25) is 0 Å². The Morgan fingerprint density at radius 3 is 2.72 bits per heavy atom. The minimum Gasteiger partial charge on any atom is -0.496 e. The van der Waals surface area contributed by atoms with E-state index in [0.29, 0.717) is 11.5 Å². The molecular weight excluding hydrogens is 314 g/mol. The predicted octanol–water partition coefficient (Wildman–Crippen LogP) is 2.30. The fourth-order valence-corrected chi connectivity index (χ4v) is 3.82. The molecule has 0 radical (unpaired) electrons. The van der Waals surface area contributed by atoms with E-state index >= 15 is 0 Å². The fourth-order valence-electron chi connectivity index (χ4n) is 3.82. The molecule has 0 bridgehead atoms. The number of amides is 1. The number of fused-ring (bicyclic) bond motifs is 1. The van der Waals surface area contributed by atoms with Gasteiger partial charge in [-0.1, -0.05) is 30.3 Å². The van der Waals surface area contributed by atoms with Crippen LogP contribution >= 0.6 is 0 Å². The number of nitrogens with one attached hydrogen (secondary N) is 3. The molecule has 3 N–H and O–H groups in total. The summed E-state index contributed by atoms with van der Waals surface area (Å²) in [6.45, 7) is 1.72. The molecule has 0 aromatic heterocycles. The van der Waals surface area contributed by atoms with E-state index in [4.69, 9.17) is 4.74 Å². The number of hydrogen-bond acceptors (Lipinski definition) is 4. The van der Waals surface area contributed by atoms with Gasteiger partial charge in [0.1, 0.15) is 5.75 Å². The van der Waals surface area contributed by atoms with Crippen LogP contribution in [0.3, 0.4) is 0 Å². The number of hydrogen-bond donors (Lipinski definition) is 3. The van der Waals surface area contributed by atoms with Crippen molar-refractivity contribution in [2.75, 3.05) is 20.2 Å². The Kier molecular flexibility index (Phi) is 4.42.